The maximum absolute atomic E-state index is 17.0. The van der Waals surface area contributed by atoms with Crippen LogP contribution in [0.4, 0.5) is 8.78 Å². The van der Waals surface area contributed by atoms with Crippen molar-refractivity contribution >= 4 is 22.7 Å². The first-order valence-corrected chi connectivity index (χ1v) is 9.97. The van der Waals surface area contributed by atoms with Crippen molar-refractivity contribution in [1.29, 1.82) is 0 Å². The molecule has 0 radical (unpaired) electrons. The molecule has 1 fully saturated rings. The number of rotatable bonds is 3. The number of H-pyrrole nitrogens is 1. The van der Waals surface area contributed by atoms with Crippen molar-refractivity contribution in [3.05, 3.63) is 53.0 Å². The lowest BCUT2D eigenvalue weighted by Gasteiger charge is -2.43. The van der Waals surface area contributed by atoms with E-state index in [0.717, 1.165) is 13.1 Å². The average molecular weight is 413 g/mol. The van der Waals surface area contributed by atoms with E-state index in [2.05, 4.69) is 25.7 Å². The summed E-state index contributed by atoms with van der Waals surface area (Å²) in [4.78, 5) is 27.1. The minimum absolute atomic E-state index is 0.152. The van der Waals surface area contributed by atoms with Crippen LogP contribution >= 0.6 is 0 Å². The fraction of sp³-hybridized carbons (Fsp3) is 0.381. The predicted molar refractivity (Wildman–Crippen MR) is 106 cm³/mol. The minimum atomic E-state index is -2.13. The molecule has 3 N–H and O–H groups in total. The van der Waals surface area contributed by atoms with Crippen molar-refractivity contribution in [3.63, 3.8) is 0 Å². The third kappa shape index (κ3) is 2.73. The van der Waals surface area contributed by atoms with Gasteiger partial charge < -0.3 is 5.32 Å². The van der Waals surface area contributed by atoms with Crippen LogP contribution in [0.25, 0.3) is 10.9 Å². The zero-order chi connectivity index (χ0) is 21.0. The van der Waals surface area contributed by atoms with Gasteiger partial charge in [-0.2, -0.15) is 5.10 Å². The highest BCUT2D eigenvalue weighted by molar-refractivity contribution is 6.21. The van der Waals surface area contributed by atoms with Crippen LogP contribution in [0, 0.1) is 11.7 Å². The Labute approximate surface area is 171 Å². The highest BCUT2D eigenvalue weighted by atomic mass is 19.1. The van der Waals surface area contributed by atoms with Crippen molar-refractivity contribution in [2.24, 2.45) is 5.92 Å². The zero-order valence-corrected chi connectivity index (χ0v) is 16.3. The monoisotopic (exact) mass is 413 g/mol. The molecule has 3 aliphatic rings. The van der Waals surface area contributed by atoms with Crippen LogP contribution in [0.5, 0.6) is 0 Å². The number of carbonyl (C=O) groups is 2. The Bertz CT molecular complexity index is 1120. The molecule has 1 aromatic carbocycles. The maximum Gasteiger partial charge on any atom is 0.258 e. The number of aromatic nitrogens is 2. The van der Waals surface area contributed by atoms with Crippen molar-refractivity contribution in [1.82, 2.24) is 25.7 Å². The Morgan fingerprint density at radius 2 is 2.00 bits per heavy atom. The number of carbonyl (C=O) groups excluding carboxylic acids is 2. The molecule has 156 valence electrons. The Kier molecular flexibility index (Phi) is 4.33. The van der Waals surface area contributed by atoms with E-state index in [0.29, 0.717) is 24.0 Å². The molecular formula is C21H21F2N5O2. The van der Waals surface area contributed by atoms with Crippen molar-refractivity contribution in [2.45, 2.75) is 18.6 Å². The third-order valence-corrected chi connectivity index (χ3v) is 6.37. The Morgan fingerprint density at radius 3 is 2.77 bits per heavy atom. The fourth-order valence-corrected chi connectivity index (χ4v) is 4.88. The van der Waals surface area contributed by atoms with E-state index in [-0.39, 0.29) is 22.9 Å². The molecule has 30 heavy (non-hydrogen) atoms. The van der Waals surface area contributed by atoms with Gasteiger partial charge in [0.15, 0.2) is 5.67 Å². The first-order valence-electron chi connectivity index (χ1n) is 9.97. The number of amides is 2. The molecule has 7 nitrogen and oxygen atoms in total. The number of nitrogens with one attached hydrogen (secondary N) is 3. The Hall–Kier alpha value is -2.91. The van der Waals surface area contributed by atoms with Gasteiger partial charge in [0.25, 0.3) is 11.8 Å². The molecule has 1 aliphatic carbocycles. The summed E-state index contributed by atoms with van der Waals surface area (Å²) in [6, 6.07) is 3.59. The van der Waals surface area contributed by atoms with Crippen LogP contribution in [0.3, 0.4) is 0 Å². The number of allylic oxidation sites excluding steroid dienone is 1. The smallest absolute Gasteiger partial charge is 0.258 e. The molecule has 3 unspecified atom stereocenters. The summed E-state index contributed by atoms with van der Waals surface area (Å²) in [5.74, 6) is -2.48. The number of imide groups is 1. The van der Waals surface area contributed by atoms with Gasteiger partial charge in [-0.25, -0.2) is 8.78 Å². The number of nitrogens with zero attached hydrogens (tertiary/aromatic N) is 2. The Balaban J connectivity index is 1.67. The number of piperazine rings is 1. The highest BCUT2D eigenvalue weighted by Crippen LogP contribution is 2.49. The zero-order valence-electron chi connectivity index (χ0n) is 16.3. The molecule has 0 saturated carbocycles. The van der Waals surface area contributed by atoms with Gasteiger partial charge >= 0.3 is 0 Å². The third-order valence-electron chi connectivity index (χ3n) is 6.37. The van der Waals surface area contributed by atoms with Gasteiger partial charge in [0.2, 0.25) is 0 Å². The largest absolute Gasteiger partial charge is 0.314 e. The number of aromatic amines is 1. The van der Waals surface area contributed by atoms with Gasteiger partial charge in [-0.3, -0.25) is 24.9 Å². The summed E-state index contributed by atoms with van der Waals surface area (Å²) in [6.07, 6.45) is 2.69. The van der Waals surface area contributed by atoms with Crippen LogP contribution in [-0.2, 0) is 15.3 Å². The SMILES string of the molecule is CC(C1C2=C(C=CC1(F)c1[nH]nc3cc(F)ccc13)C(=O)NC2=O)N1CCNCC1. The van der Waals surface area contributed by atoms with Crippen LogP contribution < -0.4 is 10.6 Å². The second-order valence-electron chi connectivity index (χ2n) is 7.98. The van der Waals surface area contributed by atoms with Crippen molar-refractivity contribution < 1.29 is 18.4 Å². The molecule has 1 saturated heterocycles. The van der Waals surface area contributed by atoms with Gasteiger partial charge in [0, 0.05) is 60.7 Å². The van der Waals surface area contributed by atoms with Gasteiger partial charge in [0.1, 0.15) is 5.82 Å². The molecule has 3 atom stereocenters. The first kappa shape index (κ1) is 19.1. The van der Waals surface area contributed by atoms with Crippen LogP contribution in [-0.4, -0.2) is 59.1 Å². The summed E-state index contributed by atoms with van der Waals surface area (Å²) >= 11 is 0. The summed E-state index contributed by atoms with van der Waals surface area (Å²) in [7, 11) is 0. The van der Waals surface area contributed by atoms with E-state index < -0.39 is 29.2 Å². The predicted octanol–water partition coefficient (Wildman–Crippen LogP) is 1.30. The lowest BCUT2D eigenvalue weighted by Crippen LogP contribution is -2.54. The van der Waals surface area contributed by atoms with Crippen LogP contribution in [0.2, 0.25) is 0 Å². The molecular weight excluding hydrogens is 392 g/mol. The summed E-state index contributed by atoms with van der Waals surface area (Å²) in [5, 5.41) is 12.8. The Morgan fingerprint density at radius 1 is 1.23 bits per heavy atom. The van der Waals surface area contributed by atoms with E-state index in [1.165, 1.54) is 30.4 Å². The lowest BCUT2D eigenvalue weighted by molar-refractivity contribution is -0.124. The molecule has 2 amide bonds. The summed E-state index contributed by atoms with van der Waals surface area (Å²) in [6.45, 7) is 4.79. The molecule has 1 aromatic heterocycles. The van der Waals surface area contributed by atoms with Gasteiger partial charge in [-0.05, 0) is 31.2 Å². The minimum Gasteiger partial charge on any atom is -0.314 e. The fourth-order valence-electron chi connectivity index (χ4n) is 4.88. The van der Waals surface area contributed by atoms with Crippen LogP contribution in [0.15, 0.2) is 41.5 Å². The summed E-state index contributed by atoms with van der Waals surface area (Å²) < 4.78 is 30.6. The molecule has 2 aliphatic heterocycles. The summed E-state index contributed by atoms with van der Waals surface area (Å²) in [5.41, 5.74) is -1.32. The second-order valence-corrected chi connectivity index (χ2v) is 7.98. The quantitative estimate of drug-likeness (QED) is 0.660. The van der Waals surface area contributed by atoms with E-state index >= 15 is 4.39 Å². The number of hydrogen-bond donors (Lipinski definition) is 3. The second kappa shape index (κ2) is 6.82. The van der Waals surface area contributed by atoms with Crippen LogP contribution in [0.1, 0.15) is 12.6 Å². The first-order chi connectivity index (χ1) is 14.4. The topological polar surface area (TPSA) is 90.1 Å². The maximum atomic E-state index is 17.0. The van der Waals surface area contributed by atoms with E-state index in [1.54, 1.807) is 0 Å². The van der Waals surface area contributed by atoms with Gasteiger partial charge in [-0.15, -0.1) is 0 Å². The number of benzene rings is 1. The molecule has 5 rings (SSSR count). The molecule has 0 bridgehead atoms. The molecule has 3 heterocycles. The number of fused-ring (bicyclic) bond motifs is 1. The molecule has 2 aromatic rings. The van der Waals surface area contributed by atoms with Crippen molar-refractivity contribution in [3.8, 4) is 0 Å². The molecule has 9 heteroatoms. The van der Waals surface area contributed by atoms with Gasteiger partial charge in [0.05, 0.1) is 11.2 Å². The normalized spacial score (nSPS) is 28.2. The average Bonchev–Trinajstić information content (AvgIpc) is 3.28. The standard InChI is InChI=1S/C21H21F2N5O2/c1-11(28-8-6-24-7-9-28)17-16-14(19(29)25-20(16)30)4-5-21(17,23)18-13-3-2-12(22)10-15(13)26-27-18/h2-5,10-11,17,24H,6-9H2,1H3,(H,26,27)(H,25,29,30). The van der Waals surface area contributed by atoms with E-state index in [1.807, 2.05) is 6.92 Å². The molecule has 0 spiro atoms. The number of halogens is 2. The number of alkyl halides is 1. The highest BCUT2D eigenvalue weighted by Gasteiger charge is 2.54. The number of hydrogen-bond acceptors (Lipinski definition) is 5. The lowest BCUT2D eigenvalue weighted by atomic mass is 9.71. The van der Waals surface area contributed by atoms with E-state index in [9.17, 15) is 14.0 Å². The van der Waals surface area contributed by atoms with Crippen molar-refractivity contribution in [2.75, 3.05) is 26.2 Å². The van der Waals surface area contributed by atoms with E-state index in [4.69, 9.17) is 0 Å². The van der Waals surface area contributed by atoms with Gasteiger partial charge in [-0.1, -0.05) is 0 Å².